The molecule has 1 aliphatic rings. The number of nitrogens with zero attached hydrogens (tertiary/aromatic N) is 2. The number of hydrogen-bond donors (Lipinski definition) is 2. The number of likely N-dealkylation sites (tertiary alicyclic amines) is 1. The fourth-order valence-corrected chi connectivity index (χ4v) is 3.34. The molecule has 0 bridgehead atoms. The zero-order valence-corrected chi connectivity index (χ0v) is 14.6. The lowest BCUT2D eigenvalue weighted by atomic mass is 9.91. The number of benzene rings is 1. The molecule has 1 fully saturated rings. The minimum absolute atomic E-state index is 0.0610. The minimum atomic E-state index is -2.99. The molecule has 3 rings (SSSR count). The van der Waals surface area contributed by atoms with E-state index in [0.29, 0.717) is 24.0 Å². The standard InChI is InChI=1S/C18H19F2N3O4/c1-10-7-11(16(24)25)9-23(8-10)18(26)22-13-4-5-14(27-17(19)20)15-12(13)3-2-6-21-15/h2-6,10-11,17H,7-9H2,1H3,(H,22,26)(H,24,25). The average molecular weight is 379 g/mol. The van der Waals surface area contributed by atoms with Crippen LogP contribution in [0.4, 0.5) is 19.3 Å². The van der Waals surface area contributed by atoms with E-state index >= 15 is 0 Å². The minimum Gasteiger partial charge on any atom is -0.481 e. The molecule has 0 radical (unpaired) electrons. The highest BCUT2D eigenvalue weighted by Crippen LogP contribution is 2.31. The van der Waals surface area contributed by atoms with Gasteiger partial charge in [-0.25, -0.2) is 4.79 Å². The number of urea groups is 1. The van der Waals surface area contributed by atoms with Crippen molar-refractivity contribution in [2.45, 2.75) is 20.0 Å². The van der Waals surface area contributed by atoms with Crippen LogP contribution < -0.4 is 10.1 Å². The molecule has 7 nitrogen and oxygen atoms in total. The SMILES string of the molecule is CC1CC(C(=O)O)CN(C(=O)Nc2ccc(OC(F)F)c3ncccc23)C1. The summed E-state index contributed by atoms with van der Waals surface area (Å²) in [5.41, 5.74) is 0.584. The number of halogens is 2. The molecule has 1 aliphatic heterocycles. The van der Waals surface area contributed by atoms with Crippen molar-refractivity contribution in [1.82, 2.24) is 9.88 Å². The van der Waals surface area contributed by atoms with Crippen molar-refractivity contribution >= 4 is 28.6 Å². The maximum Gasteiger partial charge on any atom is 0.387 e. The Hall–Kier alpha value is -2.97. The zero-order chi connectivity index (χ0) is 19.6. The smallest absolute Gasteiger partial charge is 0.387 e. The molecular weight excluding hydrogens is 360 g/mol. The Labute approximate surface area is 153 Å². The molecule has 2 amide bonds. The molecule has 0 saturated carbocycles. The van der Waals surface area contributed by atoms with Crippen molar-refractivity contribution < 1.29 is 28.2 Å². The molecule has 9 heteroatoms. The number of pyridine rings is 1. The zero-order valence-electron chi connectivity index (χ0n) is 14.6. The lowest BCUT2D eigenvalue weighted by molar-refractivity contribution is -0.143. The van der Waals surface area contributed by atoms with Gasteiger partial charge >= 0.3 is 18.6 Å². The van der Waals surface area contributed by atoms with Gasteiger partial charge in [0.2, 0.25) is 0 Å². The van der Waals surface area contributed by atoms with E-state index in [9.17, 15) is 23.5 Å². The Bertz CT molecular complexity index is 862. The third-order valence-corrected chi connectivity index (χ3v) is 4.49. The number of rotatable bonds is 4. The van der Waals surface area contributed by atoms with Gasteiger partial charge in [0.1, 0.15) is 5.52 Å². The summed E-state index contributed by atoms with van der Waals surface area (Å²) in [4.78, 5) is 29.4. The van der Waals surface area contributed by atoms with Crippen LogP contribution in [0, 0.1) is 11.8 Å². The van der Waals surface area contributed by atoms with E-state index in [2.05, 4.69) is 15.0 Å². The first kappa shape index (κ1) is 18.8. The number of carboxylic acid groups (broad SMARTS) is 1. The summed E-state index contributed by atoms with van der Waals surface area (Å²) in [6.07, 6.45) is 1.96. The Balaban J connectivity index is 1.84. The molecule has 27 heavy (non-hydrogen) atoms. The fraction of sp³-hybridized carbons (Fsp3) is 0.389. The van der Waals surface area contributed by atoms with E-state index in [-0.39, 0.29) is 23.7 Å². The van der Waals surface area contributed by atoms with Crippen molar-refractivity contribution in [3.63, 3.8) is 0 Å². The van der Waals surface area contributed by atoms with Gasteiger partial charge in [-0.2, -0.15) is 8.78 Å². The normalized spacial score (nSPS) is 19.9. The summed E-state index contributed by atoms with van der Waals surface area (Å²) >= 11 is 0. The summed E-state index contributed by atoms with van der Waals surface area (Å²) in [6, 6.07) is 5.58. The molecule has 2 N–H and O–H groups in total. The number of amides is 2. The number of nitrogens with one attached hydrogen (secondary N) is 1. The second-order valence-corrected chi connectivity index (χ2v) is 6.60. The quantitative estimate of drug-likeness (QED) is 0.849. The molecule has 0 aliphatic carbocycles. The molecule has 2 atom stereocenters. The molecule has 1 saturated heterocycles. The van der Waals surface area contributed by atoms with Crippen LogP contribution in [0.2, 0.25) is 0 Å². The van der Waals surface area contributed by atoms with Crippen LogP contribution in [0.3, 0.4) is 0 Å². The Morgan fingerprint density at radius 3 is 2.81 bits per heavy atom. The molecule has 0 spiro atoms. The number of piperidine rings is 1. The van der Waals surface area contributed by atoms with Gasteiger partial charge in [0, 0.05) is 24.7 Å². The monoisotopic (exact) mass is 379 g/mol. The fourth-order valence-electron chi connectivity index (χ4n) is 3.34. The number of carbonyl (C=O) groups is 2. The Kier molecular flexibility index (Phi) is 5.38. The Morgan fingerprint density at radius 2 is 2.11 bits per heavy atom. The second kappa shape index (κ2) is 7.73. The highest BCUT2D eigenvalue weighted by atomic mass is 19.3. The number of alkyl halides is 2. The predicted molar refractivity (Wildman–Crippen MR) is 93.9 cm³/mol. The number of aromatic nitrogens is 1. The van der Waals surface area contributed by atoms with Gasteiger partial charge in [-0.05, 0) is 36.6 Å². The second-order valence-electron chi connectivity index (χ2n) is 6.60. The number of ether oxygens (including phenoxy) is 1. The third-order valence-electron chi connectivity index (χ3n) is 4.49. The lowest BCUT2D eigenvalue weighted by Crippen LogP contribution is -2.47. The van der Waals surface area contributed by atoms with E-state index in [1.807, 2.05) is 6.92 Å². The maximum atomic E-state index is 12.6. The first-order chi connectivity index (χ1) is 12.8. The first-order valence-corrected chi connectivity index (χ1v) is 8.46. The summed E-state index contributed by atoms with van der Waals surface area (Å²) in [5, 5.41) is 12.4. The van der Waals surface area contributed by atoms with Crippen molar-refractivity contribution in [2.75, 3.05) is 18.4 Å². The summed E-state index contributed by atoms with van der Waals surface area (Å²) in [5.74, 6) is -1.57. The first-order valence-electron chi connectivity index (χ1n) is 8.46. The van der Waals surface area contributed by atoms with E-state index in [4.69, 9.17) is 0 Å². The van der Waals surface area contributed by atoms with E-state index in [1.165, 1.54) is 23.2 Å². The molecule has 2 heterocycles. The van der Waals surface area contributed by atoms with Crippen molar-refractivity contribution in [3.05, 3.63) is 30.5 Å². The predicted octanol–water partition coefficient (Wildman–Crippen LogP) is 3.41. The van der Waals surface area contributed by atoms with Gasteiger partial charge in [0.25, 0.3) is 0 Å². The molecule has 1 aromatic carbocycles. The molecular formula is C18H19F2N3O4. The lowest BCUT2D eigenvalue weighted by Gasteiger charge is -2.34. The number of aliphatic carboxylic acids is 1. The highest BCUT2D eigenvalue weighted by Gasteiger charge is 2.32. The van der Waals surface area contributed by atoms with E-state index in [0.717, 1.165) is 0 Å². The van der Waals surface area contributed by atoms with Gasteiger partial charge in [0.05, 0.1) is 11.6 Å². The average Bonchev–Trinajstić information content (AvgIpc) is 2.62. The van der Waals surface area contributed by atoms with Crippen LogP contribution in [-0.4, -0.2) is 46.7 Å². The highest BCUT2D eigenvalue weighted by molar-refractivity contribution is 6.02. The van der Waals surface area contributed by atoms with E-state index in [1.54, 1.807) is 12.1 Å². The number of hydrogen-bond acceptors (Lipinski definition) is 4. The third kappa shape index (κ3) is 4.24. The largest absolute Gasteiger partial charge is 0.481 e. The molecule has 144 valence electrons. The van der Waals surface area contributed by atoms with Crippen LogP contribution in [-0.2, 0) is 4.79 Å². The van der Waals surface area contributed by atoms with Crippen LogP contribution in [0.25, 0.3) is 10.9 Å². The van der Waals surface area contributed by atoms with Crippen LogP contribution >= 0.6 is 0 Å². The summed E-state index contributed by atoms with van der Waals surface area (Å²) < 4.78 is 29.6. The number of carboxylic acids is 1. The topological polar surface area (TPSA) is 91.8 Å². The molecule has 2 aromatic rings. The number of fused-ring (bicyclic) bond motifs is 1. The molecule has 2 unspecified atom stereocenters. The molecule has 1 aromatic heterocycles. The summed E-state index contributed by atoms with van der Waals surface area (Å²) in [7, 11) is 0. The number of carbonyl (C=O) groups excluding carboxylic acids is 1. The van der Waals surface area contributed by atoms with Gasteiger partial charge in [-0.1, -0.05) is 6.92 Å². The Morgan fingerprint density at radius 1 is 1.33 bits per heavy atom. The van der Waals surface area contributed by atoms with Crippen LogP contribution in [0.1, 0.15) is 13.3 Å². The van der Waals surface area contributed by atoms with Crippen molar-refractivity contribution in [2.24, 2.45) is 11.8 Å². The van der Waals surface area contributed by atoms with Gasteiger partial charge in [0.15, 0.2) is 5.75 Å². The van der Waals surface area contributed by atoms with Crippen LogP contribution in [0.15, 0.2) is 30.5 Å². The van der Waals surface area contributed by atoms with Crippen molar-refractivity contribution in [3.8, 4) is 5.75 Å². The number of anilines is 1. The van der Waals surface area contributed by atoms with E-state index < -0.39 is 24.5 Å². The van der Waals surface area contributed by atoms with Crippen molar-refractivity contribution in [1.29, 1.82) is 0 Å². The van der Waals surface area contributed by atoms with Crippen LogP contribution in [0.5, 0.6) is 5.75 Å². The van der Waals surface area contributed by atoms with Gasteiger partial charge < -0.3 is 20.1 Å². The van der Waals surface area contributed by atoms with Gasteiger partial charge in [-0.3, -0.25) is 9.78 Å². The van der Waals surface area contributed by atoms with Gasteiger partial charge in [-0.15, -0.1) is 0 Å². The maximum absolute atomic E-state index is 12.6. The summed E-state index contributed by atoms with van der Waals surface area (Å²) in [6.45, 7) is -0.531.